The van der Waals surface area contributed by atoms with Gasteiger partial charge in [-0.05, 0) is 41.8 Å². The number of sulfonamides is 1. The summed E-state index contributed by atoms with van der Waals surface area (Å²) in [5.41, 5.74) is 5.85. The predicted molar refractivity (Wildman–Crippen MR) is 77.6 cm³/mol. The molecule has 2 N–H and O–H groups in total. The number of nitrogens with two attached hydrogens (primary N) is 1. The van der Waals surface area contributed by atoms with Crippen LogP contribution in [-0.4, -0.2) is 31.4 Å². The lowest BCUT2D eigenvalue weighted by Gasteiger charge is -2.34. The summed E-state index contributed by atoms with van der Waals surface area (Å²) in [6.45, 7) is 2.36. The smallest absolute Gasteiger partial charge is 0.252 e. The highest BCUT2D eigenvalue weighted by atomic mass is 79.9. The Morgan fingerprint density at radius 3 is 2.78 bits per heavy atom. The molecule has 0 bridgehead atoms. The van der Waals surface area contributed by atoms with Crippen molar-refractivity contribution in [3.63, 3.8) is 0 Å². The van der Waals surface area contributed by atoms with E-state index in [9.17, 15) is 8.42 Å². The first-order valence-corrected chi connectivity index (χ1v) is 8.97. The Morgan fingerprint density at radius 2 is 2.28 bits per heavy atom. The maximum atomic E-state index is 12.5. The number of piperidine rings is 1. The van der Waals surface area contributed by atoms with E-state index in [0.717, 1.165) is 11.3 Å². The molecule has 8 heteroatoms. The molecule has 2 heterocycles. The third kappa shape index (κ3) is 2.76. The van der Waals surface area contributed by atoms with Crippen LogP contribution in [0.2, 0.25) is 5.02 Å². The normalized spacial score (nSPS) is 26.4. The average Bonchev–Trinajstić information content (AvgIpc) is 2.59. The fourth-order valence-corrected chi connectivity index (χ4v) is 6.30. The van der Waals surface area contributed by atoms with E-state index in [2.05, 4.69) is 15.9 Å². The summed E-state index contributed by atoms with van der Waals surface area (Å²) in [7, 11) is -3.45. The Balaban J connectivity index is 2.31. The van der Waals surface area contributed by atoms with E-state index < -0.39 is 10.0 Å². The fraction of sp³-hybridized carbons (Fsp3) is 0.600. The monoisotopic (exact) mass is 372 g/mol. The van der Waals surface area contributed by atoms with Gasteiger partial charge in [-0.3, -0.25) is 0 Å². The molecule has 1 fully saturated rings. The van der Waals surface area contributed by atoms with Crippen LogP contribution in [0.5, 0.6) is 0 Å². The molecule has 1 aromatic rings. The molecule has 2 unspecified atom stereocenters. The first-order chi connectivity index (χ1) is 8.32. The Bertz CT molecular complexity index is 527. The maximum absolute atomic E-state index is 12.5. The van der Waals surface area contributed by atoms with E-state index in [0.29, 0.717) is 28.2 Å². The van der Waals surface area contributed by atoms with Crippen LogP contribution in [0, 0.1) is 0 Å². The second-order valence-corrected chi connectivity index (χ2v) is 9.33. The quantitative estimate of drug-likeness (QED) is 0.867. The molecule has 1 saturated heterocycles. The first-order valence-electron chi connectivity index (χ1n) is 5.54. The first kappa shape index (κ1) is 14.7. The van der Waals surface area contributed by atoms with Gasteiger partial charge < -0.3 is 5.73 Å². The molecule has 0 amide bonds. The van der Waals surface area contributed by atoms with Gasteiger partial charge >= 0.3 is 0 Å². The molecule has 102 valence electrons. The molecule has 0 radical (unpaired) electrons. The Hall–Kier alpha value is 0.340. The fourth-order valence-electron chi connectivity index (χ4n) is 2.11. The van der Waals surface area contributed by atoms with E-state index >= 15 is 0 Å². The summed E-state index contributed by atoms with van der Waals surface area (Å²) >= 11 is 10.3. The molecule has 2 atom stereocenters. The molecular weight excluding hydrogens is 360 g/mol. The molecule has 18 heavy (non-hydrogen) atoms. The third-order valence-corrected chi connectivity index (χ3v) is 7.98. The van der Waals surface area contributed by atoms with Gasteiger partial charge in [-0.25, -0.2) is 8.42 Å². The number of halogens is 2. The van der Waals surface area contributed by atoms with Gasteiger partial charge in [-0.1, -0.05) is 11.6 Å². The van der Waals surface area contributed by atoms with Crippen LogP contribution in [-0.2, 0) is 10.0 Å². The minimum atomic E-state index is -3.45. The predicted octanol–water partition coefficient (Wildman–Crippen LogP) is 2.66. The van der Waals surface area contributed by atoms with Gasteiger partial charge in [0.25, 0.3) is 10.0 Å². The zero-order chi connectivity index (χ0) is 13.5. The lowest BCUT2D eigenvalue weighted by molar-refractivity contribution is 0.247. The molecular formula is C10H14BrClN2O2S2. The lowest BCUT2D eigenvalue weighted by Crippen LogP contribution is -2.48. The van der Waals surface area contributed by atoms with E-state index in [1.807, 2.05) is 6.92 Å². The lowest BCUT2D eigenvalue weighted by atomic mass is 10.0. The second kappa shape index (κ2) is 5.38. The molecule has 4 nitrogen and oxygen atoms in total. The summed E-state index contributed by atoms with van der Waals surface area (Å²) in [6, 6.07) is 1.51. The average molecular weight is 374 g/mol. The Labute approximate surface area is 124 Å². The van der Waals surface area contributed by atoms with Crippen molar-refractivity contribution in [2.75, 3.05) is 6.54 Å². The largest absolute Gasteiger partial charge is 0.328 e. The van der Waals surface area contributed by atoms with Crippen LogP contribution in [0.15, 0.2) is 14.1 Å². The Morgan fingerprint density at radius 1 is 1.61 bits per heavy atom. The van der Waals surface area contributed by atoms with Gasteiger partial charge in [0.15, 0.2) is 0 Å². The number of hydrogen-bond donors (Lipinski definition) is 1. The van der Waals surface area contributed by atoms with Crippen LogP contribution in [0.4, 0.5) is 0 Å². The second-order valence-electron chi connectivity index (χ2n) is 4.44. The molecule has 1 aromatic heterocycles. The van der Waals surface area contributed by atoms with Gasteiger partial charge in [-0.15, -0.1) is 11.3 Å². The standard InChI is InChI=1S/C10H14BrClN2O2S2/c1-6-4-7(13)2-3-14(6)18(15,16)9-5-8(12)10(11)17-9/h5-7H,2-4,13H2,1H3. The molecule has 0 aromatic carbocycles. The summed E-state index contributed by atoms with van der Waals surface area (Å²) in [5.74, 6) is 0. The number of thiophene rings is 1. The van der Waals surface area contributed by atoms with Gasteiger partial charge in [0, 0.05) is 18.6 Å². The Kier molecular flexibility index (Phi) is 4.40. The maximum Gasteiger partial charge on any atom is 0.252 e. The molecule has 1 aliphatic rings. The van der Waals surface area contributed by atoms with Crippen LogP contribution < -0.4 is 5.73 Å². The zero-order valence-corrected chi connectivity index (χ0v) is 13.7. The van der Waals surface area contributed by atoms with Crippen molar-refractivity contribution >= 4 is 48.9 Å². The van der Waals surface area contributed by atoms with Gasteiger partial charge in [0.05, 0.1) is 8.81 Å². The van der Waals surface area contributed by atoms with E-state index in [4.69, 9.17) is 17.3 Å². The highest BCUT2D eigenvalue weighted by Gasteiger charge is 2.34. The number of hydrogen-bond acceptors (Lipinski definition) is 4. The molecule has 1 aliphatic heterocycles. The van der Waals surface area contributed by atoms with Crippen molar-refractivity contribution in [2.24, 2.45) is 5.73 Å². The van der Waals surface area contributed by atoms with Crippen LogP contribution in [0.25, 0.3) is 0 Å². The van der Waals surface area contributed by atoms with Gasteiger partial charge in [-0.2, -0.15) is 4.31 Å². The van der Waals surface area contributed by atoms with E-state index in [-0.39, 0.29) is 16.3 Å². The van der Waals surface area contributed by atoms with Crippen molar-refractivity contribution in [3.8, 4) is 0 Å². The van der Waals surface area contributed by atoms with Crippen molar-refractivity contribution in [3.05, 3.63) is 14.9 Å². The third-order valence-electron chi connectivity index (χ3n) is 3.04. The molecule has 0 spiro atoms. The van der Waals surface area contributed by atoms with Crippen molar-refractivity contribution in [2.45, 2.75) is 36.1 Å². The van der Waals surface area contributed by atoms with Crippen molar-refractivity contribution in [1.29, 1.82) is 0 Å². The van der Waals surface area contributed by atoms with Crippen molar-refractivity contribution < 1.29 is 8.42 Å². The SMILES string of the molecule is CC1CC(N)CCN1S(=O)(=O)c1cc(Cl)c(Br)s1. The highest BCUT2D eigenvalue weighted by Crippen LogP contribution is 2.37. The molecule has 2 rings (SSSR count). The van der Waals surface area contributed by atoms with E-state index in [1.165, 1.54) is 10.4 Å². The van der Waals surface area contributed by atoms with Gasteiger partial charge in [0.2, 0.25) is 0 Å². The topological polar surface area (TPSA) is 63.4 Å². The summed E-state index contributed by atoms with van der Waals surface area (Å²) in [5, 5.41) is 0.430. The minimum Gasteiger partial charge on any atom is -0.328 e. The number of nitrogens with zero attached hydrogens (tertiary/aromatic N) is 1. The summed E-state index contributed by atoms with van der Waals surface area (Å²) in [4.78, 5) is 0. The number of rotatable bonds is 2. The van der Waals surface area contributed by atoms with Crippen LogP contribution >= 0.6 is 38.9 Å². The molecule has 0 aliphatic carbocycles. The van der Waals surface area contributed by atoms with Crippen molar-refractivity contribution in [1.82, 2.24) is 4.31 Å². The summed E-state index contributed by atoms with van der Waals surface area (Å²) < 4.78 is 27.4. The molecule has 0 saturated carbocycles. The van der Waals surface area contributed by atoms with Crippen LogP contribution in [0.3, 0.4) is 0 Å². The van der Waals surface area contributed by atoms with Gasteiger partial charge in [0.1, 0.15) is 4.21 Å². The van der Waals surface area contributed by atoms with E-state index in [1.54, 1.807) is 0 Å². The van der Waals surface area contributed by atoms with Crippen LogP contribution in [0.1, 0.15) is 19.8 Å². The zero-order valence-electron chi connectivity index (χ0n) is 9.77. The highest BCUT2D eigenvalue weighted by molar-refractivity contribution is 9.11. The summed E-state index contributed by atoms with van der Waals surface area (Å²) in [6.07, 6.45) is 1.39. The minimum absolute atomic E-state index is 0.0709.